The lowest BCUT2D eigenvalue weighted by atomic mass is 9.93. The van der Waals surface area contributed by atoms with Gasteiger partial charge in [-0.05, 0) is 30.0 Å². The first kappa shape index (κ1) is 15.7. The van der Waals surface area contributed by atoms with Crippen LogP contribution in [0.3, 0.4) is 0 Å². The van der Waals surface area contributed by atoms with Crippen LogP contribution in [0.15, 0.2) is 30.5 Å². The fourth-order valence-corrected chi connectivity index (χ4v) is 3.01. The number of amides is 2. The Labute approximate surface area is 136 Å². The summed E-state index contributed by atoms with van der Waals surface area (Å²) in [7, 11) is 0. The van der Waals surface area contributed by atoms with Crippen molar-refractivity contribution in [1.29, 1.82) is 0 Å². The molecule has 122 valence electrons. The SMILES string of the molecule is CC(=O)N1C=Cc2ccccc2C1CC(=O)NCC1(CO)CC1. The van der Waals surface area contributed by atoms with Crippen molar-refractivity contribution in [1.82, 2.24) is 10.2 Å². The minimum absolute atomic E-state index is 0.0809. The molecule has 0 aromatic heterocycles. The molecule has 1 aromatic carbocycles. The second kappa shape index (κ2) is 6.16. The van der Waals surface area contributed by atoms with Crippen LogP contribution in [0.25, 0.3) is 6.08 Å². The third-order valence-electron chi connectivity index (χ3n) is 4.80. The zero-order valence-corrected chi connectivity index (χ0v) is 13.3. The molecule has 1 unspecified atom stereocenters. The Balaban J connectivity index is 1.71. The van der Waals surface area contributed by atoms with Crippen LogP contribution in [-0.4, -0.2) is 35.0 Å². The van der Waals surface area contributed by atoms with Crippen molar-refractivity contribution in [3.8, 4) is 0 Å². The van der Waals surface area contributed by atoms with Crippen molar-refractivity contribution in [2.75, 3.05) is 13.2 Å². The lowest BCUT2D eigenvalue weighted by molar-refractivity contribution is -0.130. The zero-order valence-electron chi connectivity index (χ0n) is 13.3. The molecule has 1 saturated carbocycles. The van der Waals surface area contributed by atoms with Crippen molar-refractivity contribution in [3.63, 3.8) is 0 Å². The standard InChI is InChI=1S/C18H22N2O3/c1-13(22)20-9-6-14-4-2-3-5-15(14)16(20)10-17(23)19-11-18(12-21)7-8-18/h2-6,9,16,21H,7-8,10-12H2,1H3,(H,19,23). The molecule has 2 aliphatic rings. The summed E-state index contributed by atoms with van der Waals surface area (Å²) in [5, 5.41) is 12.2. The Morgan fingerprint density at radius 1 is 1.35 bits per heavy atom. The summed E-state index contributed by atoms with van der Waals surface area (Å²) in [6.45, 7) is 2.13. The quantitative estimate of drug-likeness (QED) is 0.871. The van der Waals surface area contributed by atoms with Gasteiger partial charge in [0.25, 0.3) is 0 Å². The van der Waals surface area contributed by atoms with E-state index < -0.39 is 0 Å². The molecule has 23 heavy (non-hydrogen) atoms. The Morgan fingerprint density at radius 3 is 2.74 bits per heavy atom. The molecule has 0 bridgehead atoms. The lowest BCUT2D eigenvalue weighted by Crippen LogP contribution is -2.37. The Hall–Kier alpha value is -2.14. The number of aliphatic hydroxyl groups is 1. The van der Waals surface area contributed by atoms with Gasteiger partial charge in [0.15, 0.2) is 0 Å². The highest BCUT2D eigenvalue weighted by Crippen LogP contribution is 2.44. The predicted octanol–water partition coefficient (Wildman–Crippen LogP) is 1.84. The Kier molecular flexibility index (Phi) is 4.22. The highest BCUT2D eigenvalue weighted by molar-refractivity contribution is 5.81. The number of rotatable bonds is 5. The van der Waals surface area contributed by atoms with Gasteiger partial charge >= 0.3 is 0 Å². The van der Waals surface area contributed by atoms with E-state index in [1.54, 1.807) is 11.1 Å². The predicted molar refractivity (Wildman–Crippen MR) is 87.1 cm³/mol. The maximum absolute atomic E-state index is 12.3. The second-order valence-electron chi connectivity index (χ2n) is 6.53. The van der Waals surface area contributed by atoms with E-state index in [-0.39, 0.29) is 36.3 Å². The molecular weight excluding hydrogens is 292 g/mol. The summed E-state index contributed by atoms with van der Waals surface area (Å²) in [5.41, 5.74) is 1.92. The fourth-order valence-electron chi connectivity index (χ4n) is 3.01. The van der Waals surface area contributed by atoms with E-state index in [1.165, 1.54) is 6.92 Å². The van der Waals surface area contributed by atoms with Crippen LogP contribution in [0.1, 0.15) is 43.4 Å². The third-order valence-corrected chi connectivity index (χ3v) is 4.80. The van der Waals surface area contributed by atoms with E-state index in [0.29, 0.717) is 6.54 Å². The van der Waals surface area contributed by atoms with Crippen molar-refractivity contribution in [2.24, 2.45) is 5.41 Å². The molecule has 3 rings (SSSR count). The minimum atomic E-state index is -0.280. The smallest absolute Gasteiger partial charge is 0.223 e. The van der Waals surface area contributed by atoms with Crippen LogP contribution in [0, 0.1) is 5.41 Å². The van der Waals surface area contributed by atoms with E-state index in [2.05, 4.69) is 5.32 Å². The van der Waals surface area contributed by atoms with Gasteiger partial charge in [-0.15, -0.1) is 0 Å². The molecule has 2 amide bonds. The van der Waals surface area contributed by atoms with Crippen molar-refractivity contribution in [2.45, 2.75) is 32.2 Å². The number of benzene rings is 1. The van der Waals surface area contributed by atoms with E-state index in [0.717, 1.165) is 24.0 Å². The molecule has 1 aromatic rings. The molecule has 1 fully saturated rings. The molecule has 5 nitrogen and oxygen atoms in total. The van der Waals surface area contributed by atoms with Gasteiger partial charge in [-0.3, -0.25) is 9.59 Å². The van der Waals surface area contributed by atoms with E-state index in [9.17, 15) is 14.7 Å². The summed E-state index contributed by atoms with van der Waals surface area (Å²) in [5.74, 6) is -0.173. The number of fused-ring (bicyclic) bond motifs is 1. The van der Waals surface area contributed by atoms with Gasteiger partial charge < -0.3 is 15.3 Å². The first-order valence-electron chi connectivity index (χ1n) is 7.98. The normalized spacial score (nSPS) is 20.8. The van der Waals surface area contributed by atoms with Gasteiger partial charge in [0.2, 0.25) is 11.8 Å². The molecule has 0 saturated heterocycles. The van der Waals surface area contributed by atoms with Gasteiger partial charge in [0.05, 0.1) is 19.1 Å². The summed E-state index contributed by atoms with van der Waals surface area (Å²) in [6.07, 6.45) is 5.79. The van der Waals surface area contributed by atoms with Gasteiger partial charge in [-0.2, -0.15) is 0 Å². The van der Waals surface area contributed by atoms with Gasteiger partial charge in [0, 0.05) is 25.1 Å². The molecule has 1 heterocycles. The molecule has 0 spiro atoms. The van der Waals surface area contributed by atoms with E-state index in [4.69, 9.17) is 0 Å². The lowest BCUT2D eigenvalue weighted by Gasteiger charge is -2.32. The summed E-state index contributed by atoms with van der Waals surface area (Å²) in [6, 6.07) is 7.54. The summed E-state index contributed by atoms with van der Waals surface area (Å²) < 4.78 is 0. The average molecular weight is 314 g/mol. The molecule has 2 N–H and O–H groups in total. The van der Waals surface area contributed by atoms with Crippen molar-refractivity contribution >= 4 is 17.9 Å². The second-order valence-corrected chi connectivity index (χ2v) is 6.53. The Morgan fingerprint density at radius 2 is 2.09 bits per heavy atom. The first-order chi connectivity index (χ1) is 11.0. The van der Waals surface area contributed by atoms with Crippen LogP contribution < -0.4 is 5.32 Å². The number of carbonyl (C=O) groups is 2. The van der Waals surface area contributed by atoms with E-state index in [1.807, 2.05) is 30.3 Å². The molecule has 1 atom stereocenters. The molecular formula is C18H22N2O3. The number of aliphatic hydroxyl groups excluding tert-OH is 1. The largest absolute Gasteiger partial charge is 0.396 e. The summed E-state index contributed by atoms with van der Waals surface area (Å²) in [4.78, 5) is 25.8. The molecule has 1 aliphatic carbocycles. The maximum Gasteiger partial charge on any atom is 0.223 e. The highest BCUT2D eigenvalue weighted by Gasteiger charge is 2.42. The number of nitrogens with one attached hydrogen (secondary N) is 1. The summed E-state index contributed by atoms with van der Waals surface area (Å²) >= 11 is 0. The zero-order chi connectivity index (χ0) is 16.4. The number of hydrogen-bond acceptors (Lipinski definition) is 3. The maximum atomic E-state index is 12.3. The van der Waals surface area contributed by atoms with Crippen molar-refractivity contribution < 1.29 is 14.7 Å². The van der Waals surface area contributed by atoms with Gasteiger partial charge in [-0.1, -0.05) is 24.3 Å². The van der Waals surface area contributed by atoms with E-state index >= 15 is 0 Å². The van der Waals surface area contributed by atoms with Crippen molar-refractivity contribution in [3.05, 3.63) is 41.6 Å². The highest BCUT2D eigenvalue weighted by atomic mass is 16.3. The number of nitrogens with zero attached hydrogens (tertiary/aromatic N) is 1. The van der Waals surface area contributed by atoms with Gasteiger partial charge in [-0.25, -0.2) is 0 Å². The molecule has 0 radical (unpaired) electrons. The van der Waals surface area contributed by atoms with Crippen LogP contribution in [0.4, 0.5) is 0 Å². The number of hydrogen-bond donors (Lipinski definition) is 2. The van der Waals surface area contributed by atoms with Gasteiger partial charge in [0.1, 0.15) is 0 Å². The monoisotopic (exact) mass is 314 g/mol. The molecule has 1 aliphatic heterocycles. The van der Waals surface area contributed by atoms with Crippen LogP contribution in [0.2, 0.25) is 0 Å². The molecule has 5 heteroatoms. The number of carbonyl (C=O) groups excluding carboxylic acids is 2. The topological polar surface area (TPSA) is 69.6 Å². The average Bonchev–Trinajstić information content (AvgIpc) is 3.33. The van der Waals surface area contributed by atoms with Crippen LogP contribution in [0.5, 0.6) is 0 Å². The first-order valence-corrected chi connectivity index (χ1v) is 7.98. The van der Waals surface area contributed by atoms with Crippen LogP contribution >= 0.6 is 0 Å². The Bertz CT molecular complexity index is 649. The fraction of sp³-hybridized carbons (Fsp3) is 0.444. The minimum Gasteiger partial charge on any atom is -0.396 e. The third kappa shape index (κ3) is 3.29. The van der Waals surface area contributed by atoms with Crippen LogP contribution in [-0.2, 0) is 9.59 Å².